The molecule has 0 N–H and O–H groups in total. The Bertz CT molecular complexity index is 1170. The van der Waals surface area contributed by atoms with Crippen molar-refractivity contribution in [1.29, 1.82) is 0 Å². The van der Waals surface area contributed by atoms with Gasteiger partial charge in [-0.15, -0.1) is 0 Å². The maximum absolute atomic E-state index is 13.0. The summed E-state index contributed by atoms with van der Waals surface area (Å²) in [5, 5.41) is 0. The highest BCUT2D eigenvalue weighted by molar-refractivity contribution is 7.87. The Morgan fingerprint density at radius 2 is 1.91 bits per heavy atom. The molecule has 9 heteroatoms. The van der Waals surface area contributed by atoms with Gasteiger partial charge in [-0.05, 0) is 66.9 Å². The average molecular weight is 472 g/mol. The number of methoxy groups -OCH3 is 1. The lowest BCUT2D eigenvalue weighted by Gasteiger charge is -2.25. The minimum Gasteiger partial charge on any atom is -0.497 e. The summed E-state index contributed by atoms with van der Waals surface area (Å²) in [6.07, 6.45) is 3.25. The lowest BCUT2D eigenvalue weighted by atomic mass is 10.1. The Morgan fingerprint density at radius 1 is 1.09 bits per heavy atom. The van der Waals surface area contributed by atoms with Crippen molar-refractivity contribution in [2.75, 3.05) is 20.3 Å². The zero-order valence-corrected chi connectivity index (χ0v) is 19.0. The van der Waals surface area contributed by atoms with Gasteiger partial charge >= 0.3 is 10.1 Å². The first kappa shape index (κ1) is 22.9. The van der Waals surface area contributed by atoms with Gasteiger partial charge in [0.05, 0.1) is 19.5 Å². The van der Waals surface area contributed by atoms with Gasteiger partial charge in [0.15, 0.2) is 5.76 Å². The van der Waals surface area contributed by atoms with Crippen LogP contribution in [0.15, 0.2) is 76.2 Å². The van der Waals surface area contributed by atoms with Gasteiger partial charge in [0.1, 0.15) is 16.4 Å². The molecule has 8 nitrogen and oxygen atoms in total. The average Bonchev–Trinajstić information content (AvgIpc) is 3.53. The Labute approximate surface area is 192 Å². The molecule has 33 heavy (non-hydrogen) atoms. The second-order valence-electron chi connectivity index (χ2n) is 7.66. The highest BCUT2D eigenvalue weighted by Gasteiger charge is 2.25. The summed E-state index contributed by atoms with van der Waals surface area (Å²) in [7, 11) is -2.52. The van der Waals surface area contributed by atoms with E-state index in [4.69, 9.17) is 18.1 Å². The quantitative estimate of drug-likeness (QED) is 0.437. The van der Waals surface area contributed by atoms with Crippen LogP contribution in [0, 0.1) is 0 Å². The molecular formula is C24H25NO7S. The van der Waals surface area contributed by atoms with E-state index in [0.717, 1.165) is 18.4 Å². The van der Waals surface area contributed by atoms with Crippen molar-refractivity contribution in [1.82, 2.24) is 4.90 Å². The highest BCUT2D eigenvalue weighted by Crippen LogP contribution is 2.23. The molecule has 1 amide bonds. The predicted octanol–water partition coefficient (Wildman–Crippen LogP) is 3.88. The summed E-state index contributed by atoms with van der Waals surface area (Å²) in [6.45, 7) is 1.34. The van der Waals surface area contributed by atoms with Gasteiger partial charge in [-0.1, -0.05) is 12.1 Å². The first-order chi connectivity index (χ1) is 15.9. The molecule has 1 atom stereocenters. The molecule has 4 rings (SSSR count). The summed E-state index contributed by atoms with van der Waals surface area (Å²) < 4.78 is 46.7. The molecule has 174 valence electrons. The second kappa shape index (κ2) is 10.1. The van der Waals surface area contributed by atoms with Crippen molar-refractivity contribution in [3.05, 3.63) is 78.3 Å². The van der Waals surface area contributed by atoms with Gasteiger partial charge in [-0.2, -0.15) is 8.42 Å². The van der Waals surface area contributed by atoms with E-state index in [9.17, 15) is 13.2 Å². The maximum atomic E-state index is 13.0. The van der Waals surface area contributed by atoms with Gasteiger partial charge < -0.3 is 23.0 Å². The molecule has 2 aromatic carbocycles. The van der Waals surface area contributed by atoms with Crippen LogP contribution in [0.1, 0.15) is 29.0 Å². The molecule has 1 aromatic heterocycles. The maximum Gasteiger partial charge on any atom is 0.339 e. The van der Waals surface area contributed by atoms with E-state index in [1.165, 1.54) is 25.5 Å². The Balaban J connectivity index is 1.51. The SMILES string of the molecule is COc1ccc(S(=O)(=O)Oc2cccc(CN(C[C@H]3CCCO3)C(=O)c3ccco3)c2)cc1. The molecule has 0 bridgehead atoms. The third-order valence-electron chi connectivity index (χ3n) is 5.29. The molecule has 1 aliphatic rings. The van der Waals surface area contributed by atoms with Gasteiger partial charge in [0.25, 0.3) is 5.91 Å². The number of rotatable bonds is 9. The molecule has 0 spiro atoms. The molecule has 1 aliphatic heterocycles. The molecule has 0 aliphatic carbocycles. The second-order valence-corrected chi connectivity index (χ2v) is 9.20. The smallest absolute Gasteiger partial charge is 0.339 e. The van der Waals surface area contributed by atoms with E-state index in [2.05, 4.69) is 0 Å². The number of amides is 1. The van der Waals surface area contributed by atoms with E-state index in [1.807, 2.05) is 6.07 Å². The molecule has 3 aromatic rings. The largest absolute Gasteiger partial charge is 0.497 e. The monoisotopic (exact) mass is 471 g/mol. The fourth-order valence-electron chi connectivity index (χ4n) is 3.64. The number of hydrogen-bond acceptors (Lipinski definition) is 7. The van der Waals surface area contributed by atoms with E-state index in [1.54, 1.807) is 47.4 Å². The Morgan fingerprint density at radius 3 is 2.58 bits per heavy atom. The molecule has 2 heterocycles. The van der Waals surface area contributed by atoms with Gasteiger partial charge in [-0.25, -0.2) is 0 Å². The number of ether oxygens (including phenoxy) is 2. The lowest BCUT2D eigenvalue weighted by molar-refractivity contribution is 0.0484. The first-order valence-electron chi connectivity index (χ1n) is 10.6. The van der Waals surface area contributed by atoms with Crippen LogP contribution in [-0.2, 0) is 21.4 Å². The van der Waals surface area contributed by atoms with Crippen LogP contribution in [0.2, 0.25) is 0 Å². The van der Waals surface area contributed by atoms with Crippen molar-refractivity contribution >= 4 is 16.0 Å². The van der Waals surface area contributed by atoms with Gasteiger partial charge in [0.2, 0.25) is 0 Å². The number of nitrogens with zero attached hydrogens (tertiary/aromatic N) is 1. The van der Waals surface area contributed by atoms with Crippen molar-refractivity contribution < 1.29 is 31.3 Å². The van der Waals surface area contributed by atoms with Crippen molar-refractivity contribution in [3.63, 3.8) is 0 Å². The minimum absolute atomic E-state index is 0.0155. The van der Waals surface area contributed by atoms with Crippen LogP contribution < -0.4 is 8.92 Å². The van der Waals surface area contributed by atoms with Crippen molar-refractivity contribution in [2.45, 2.75) is 30.4 Å². The third kappa shape index (κ3) is 5.74. The van der Waals surface area contributed by atoms with E-state index < -0.39 is 10.1 Å². The number of carbonyl (C=O) groups excluding carboxylic acids is 1. The van der Waals surface area contributed by atoms with Crippen LogP contribution in [0.3, 0.4) is 0 Å². The fraction of sp³-hybridized carbons (Fsp3) is 0.292. The highest BCUT2D eigenvalue weighted by atomic mass is 32.2. The summed E-state index contributed by atoms with van der Waals surface area (Å²) >= 11 is 0. The van der Waals surface area contributed by atoms with E-state index >= 15 is 0 Å². The van der Waals surface area contributed by atoms with Crippen LogP contribution in [0.4, 0.5) is 0 Å². The first-order valence-corrected chi connectivity index (χ1v) is 12.0. The van der Waals surface area contributed by atoms with Crippen LogP contribution >= 0.6 is 0 Å². The Hall–Kier alpha value is -3.30. The number of benzene rings is 2. The van der Waals surface area contributed by atoms with Crippen molar-refractivity contribution in [3.8, 4) is 11.5 Å². The molecule has 1 saturated heterocycles. The third-order valence-corrected chi connectivity index (χ3v) is 6.55. The topological polar surface area (TPSA) is 95.3 Å². The van der Waals surface area contributed by atoms with Crippen LogP contribution in [-0.4, -0.2) is 45.6 Å². The molecular weight excluding hydrogens is 446 g/mol. The van der Waals surface area contributed by atoms with Crippen LogP contribution in [0.25, 0.3) is 0 Å². The summed E-state index contributed by atoms with van der Waals surface area (Å²) in [5.41, 5.74) is 0.718. The number of furan rings is 1. The number of carbonyl (C=O) groups is 1. The van der Waals surface area contributed by atoms with E-state index in [0.29, 0.717) is 18.9 Å². The van der Waals surface area contributed by atoms with Gasteiger partial charge in [-0.3, -0.25) is 4.79 Å². The zero-order chi connectivity index (χ0) is 23.3. The standard InChI is InChI=1S/C24H25NO7S/c1-29-19-9-11-22(12-10-19)33(27,28)32-20-6-2-5-18(15-20)16-25(17-21-7-3-13-30-21)24(26)23-8-4-14-31-23/h2,4-6,8-12,14-15,21H,3,7,13,16-17H2,1H3/t21-/m1/s1. The molecule has 0 saturated carbocycles. The number of hydrogen-bond donors (Lipinski definition) is 0. The lowest BCUT2D eigenvalue weighted by Crippen LogP contribution is -2.36. The summed E-state index contributed by atoms with van der Waals surface area (Å²) in [6, 6.07) is 15.9. The Kier molecular flexibility index (Phi) is 7.00. The molecule has 0 unspecified atom stereocenters. The summed E-state index contributed by atoms with van der Waals surface area (Å²) in [5.74, 6) is 0.685. The van der Waals surface area contributed by atoms with E-state index in [-0.39, 0.29) is 35.0 Å². The molecule has 1 fully saturated rings. The summed E-state index contributed by atoms with van der Waals surface area (Å²) in [4.78, 5) is 14.6. The normalized spacial score (nSPS) is 15.8. The van der Waals surface area contributed by atoms with Gasteiger partial charge in [0, 0.05) is 19.7 Å². The van der Waals surface area contributed by atoms with Crippen LogP contribution in [0.5, 0.6) is 11.5 Å². The predicted molar refractivity (Wildman–Crippen MR) is 120 cm³/mol. The van der Waals surface area contributed by atoms with Crippen molar-refractivity contribution in [2.24, 2.45) is 0 Å². The molecule has 0 radical (unpaired) electrons. The zero-order valence-electron chi connectivity index (χ0n) is 18.2. The fourth-order valence-corrected chi connectivity index (χ4v) is 4.57. The minimum atomic E-state index is -4.03.